The predicted octanol–water partition coefficient (Wildman–Crippen LogP) is 5.90. The van der Waals surface area contributed by atoms with Crippen LogP contribution < -0.4 is 4.74 Å². The molecule has 3 aromatic carbocycles. The van der Waals surface area contributed by atoms with Crippen molar-refractivity contribution >= 4 is 26.7 Å². The van der Waals surface area contributed by atoms with Crippen molar-refractivity contribution < 1.29 is 4.74 Å². The van der Waals surface area contributed by atoms with Gasteiger partial charge in [0.05, 0.1) is 6.04 Å². The van der Waals surface area contributed by atoms with Gasteiger partial charge < -0.3 is 4.74 Å². The number of rotatable bonds is 1. The van der Waals surface area contributed by atoms with Crippen LogP contribution in [-0.2, 0) is 0 Å². The van der Waals surface area contributed by atoms with Gasteiger partial charge in [0.1, 0.15) is 5.75 Å². The summed E-state index contributed by atoms with van der Waals surface area (Å²) >= 11 is 3.80. The summed E-state index contributed by atoms with van der Waals surface area (Å²) in [5.74, 6) is 1.04. The monoisotopic (exact) mass is 393 g/mol. The highest BCUT2D eigenvalue weighted by Gasteiger charge is 2.39. The average molecular weight is 394 g/mol. The van der Waals surface area contributed by atoms with Crippen molar-refractivity contribution in [1.82, 2.24) is 4.90 Å². The van der Waals surface area contributed by atoms with E-state index < -0.39 is 0 Å². The Bertz CT molecular complexity index is 938. The van der Waals surface area contributed by atoms with Gasteiger partial charge >= 0.3 is 0 Å². The molecule has 0 amide bonds. The zero-order valence-electron chi connectivity index (χ0n) is 14.0. The molecule has 0 aromatic heterocycles. The molecule has 2 aliphatic heterocycles. The second kappa shape index (κ2) is 6.15. The molecule has 1 fully saturated rings. The Labute approximate surface area is 156 Å². The van der Waals surface area contributed by atoms with Crippen LogP contribution in [-0.4, -0.2) is 17.7 Å². The summed E-state index contributed by atoms with van der Waals surface area (Å²) in [6.45, 7) is 1.08. The molecule has 0 aliphatic carbocycles. The third-order valence-corrected chi connectivity index (χ3v) is 6.21. The van der Waals surface area contributed by atoms with E-state index in [0.29, 0.717) is 0 Å². The van der Waals surface area contributed by atoms with Crippen LogP contribution in [0.5, 0.6) is 5.75 Å². The zero-order chi connectivity index (χ0) is 16.8. The van der Waals surface area contributed by atoms with Crippen molar-refractivity contribution in [3.05, 3.63) is 76.3 Å². The molecule has 5 rings (SSSR count). The van der Waals surface area contributed by atoms with Crippen molar-refractivity contribution in [3.8, 4) is 5.75 Å². The number of hydrogen-bond donors (Lipinski definition) is 0. The van der Waals surface area contributed by atoms with Crippen LogP contribution in [0, 0.1) is 0 Å². The second-order valence-corrected chi connectivity index (χ2v) is 7.78. The Hall–Kier alpha value is -1.84. The molecule has 0 saturated carbocycles. The molecule has 2 unspecified atom stereocenters. The molecule has 3 aromatic rings. The summed E-state index contributed by atoms with van der Waals surface area (Å²) in [5.41, 5.74) is 2.64. The second-order valence-electron chi connectivity index (χ2n) is 6.93. The Kier molecular flexibility index (Phi) is 3.79. The molecule has 2 nitrogen and oxygen atoms in total. The van der Waals surface area contributed by atoms with E-state index in [-0.39, 0.29) is 12.3 Å². The first kappa shape index (κ1) is 15.4. The molecule has 126 valence electrons. The van der Waals surface area contributed by atoms with Gasteiger partial charge in [-0.15, -0.1) is 0 Å². The van der Waals surface area contributed by atoms with Crippen molar-refractivity contribution in [2.75, 3.05) is 6.54 Å². The molecule has 0 radical (unpaired) electrons. The lowest BCUT2D eigenvalue weighted by Gasteiger charge is -2.46. The Balaban J connectivity index is 1.80. The summed E-state index contributed by atoms with van der Waals surface area (Å²) < 4.78 is 7.62. The fourth-order valence-electron chi connectivity index (χ4n) is 4.35. The minimum absolute atomic E-state index is 0.180. The molecule has 25 heavy (non-hydrogen) atoms. The average Bonchev–Trinajstić information content (AvgIpc) is 2.67. The topological polar surface area (TPSA) is 12.5 Å². The van der Waals surface area contributed by atoms with Crippen LogP contribution in [0.1, 0.15) is 36.4 Å². The lowest BCUT2D eigenvalue weighted by molar-refractivity contribution is -0.0415. The van der Waals surface area contributed by atoms with Crippen LogP contribution in [0.25, 0.3) is 10.8 Å². The van der Waals surface area contributed by atoms with Gasteiger partial charge in [0, 0.05) is 16.6 Å². The van der Waals surface area contributed by atoms with Crippen LogP contribution in [0.2, 0.25) is 0 Å². The van der Waals surface area contributed by atoms with E-state index in [2.05, 4.69) is 81.5 Å². The number of fused-ring (bicyclic) bond motifs is 4. The van der Waals surface area contributed by atoms with Gasteiger partial charge in [0.15, 0.2) is 6.23 Å². The molecule has 2 aliphatic rings. The van der Waals surface area contributed by atoms with E-state index in [1.807, 2.05) is 0 Å². The third kappa shape index (κ3) is 2.49. The van der Waals surface area contributed by atoms with Gasteiger partial charge in [0.25, 0.3) is 0 Å². The highest BCUT2D eigenvalue weighted by molar-refractivity contribution is 9.10. The maximum absolute atomic E-state index is 6.45. The lowest BCUT2D eigenvalue weighted by atomic mass is 9.88. The first-order chi connectivity index (χ1) is 12.3. The fraction of sp³-hybridized carbons (Fsp3) is 0.273. The van der Waals surface area contributed by atoms with Crippen molar-refractivity contribution in [1.29, 1.82) is 0 Å². The van der Waals surface area contributed by atoms with Crippen LogP contribution in [0.3, 0.4) is 0 Å². The zero-order valence-corrected chi connectivity index (χ0v) is 15.6. The lowest BCUT2D eigenvalue weighted by Crippen LogP contribution is -2.48. The molecule has 0 N–H and O–H groups in total. The van der Waals surface area contributed by atoms with Gasteiger partial charge in [-0.05, 0) is 47.7 Å². The summed E-state index contributed by atoms with van der Waals surface area (Å²) in [6, 6.07) is 21.8. The van der Waals surface area contributed by atoms with Crippen molar-refractivity contribution in [2.24, 2.45) is 0 Å². The third-order valence-electron chi connectivity index (χ3n) is 5.49. The number of benzene rings is 3. The van der Waals surface area contributed by atoms with E-state index in [1.54, 1.807) is 0 Å². The van der Waals surface area contributed by atoms with E-state index in [1.165, 1.54) is 39.2 Å². The minimum atomic E-state index is 0.180. The fourth-order valence-corrected chi connectivity index (χ4v) is 4.85. The van der Waals surface area contributed by atoms with Crippen LogP contribution >= 0.6 is 15.9 Å². The van der Waals surface area contributed by atoms with Gasteiger partial charge in [-0.25, -0.2) is 0 Å². The summed E-state index contributed by atoms with van der Waals surface area (Å²) in [4.78, 5) is 2.55. The van der Waals surface area contributed by atoms with Crippen LogP contribution in [0.15, 0.2) is 65.1 Å². The molecule has 0 bridgehead atoms. The normalized spacial score (nSPS) is 22.9. The summed E-state index contributed by atoms with van der Waals surface area (Å²) in [6.07, 6.45) is 3.76. The van der Waals surface area contributed by atoms with Gasteiger partial charge in [-0.2, -0.15) is 0 Å². The van der Waals surface area contributed by atoms with Crippen molar-refractivity contribution in [3.63, 3.8) is 0 Å². The molecule has 0 spiro atoms. The Morgan fingerprint density at radius 3 is 2.68 bits per heavy atom. The van der Waals surface area contributed by atoms with Gasteiger partial charge in [-0.3, -0.25) is 4.90 Å². The van der Waals surface area contributed by atoms with E-state index in [9.17, 15) is 0 Å². The molecule has 2 atom stereocenters. The smallest absolute Gasteiger partial charge is 0.153 e. The van der Waals surface area contributed by atoms with Gasteiger partial charge in [-0.1, -0.05) is 64.5 Å². The molecule has 3 heteroatoms. The Morgan fingerprint density at radius 1 is 0.920 bits per heavy atom. The number of nitrogens with zero attached hydrogens (tertiary/aromatic N) is 1. The number of hydrogen-bond acceptors (Lipinski definition) is 2. The highest BCUT2D eigenvalue weighted by atomic mass is 79.9. The quantitative estimate of drug-likeness (QED) is 0.510. The molecule has 2 heterocycles. The number of piperidine rings is 1. The maximum Gasteiger partial charge on any atom is 0.153 e. The SMILES string of the molecule is Brc1ccccc1C1c2c(ccc3ccccc23)OC2CCCCN21. The van der Waals surface area contributed by atoms with Gasteiger partial charge in [0.2, 0.25) is 0 Å². The maximum atomic E-state index is 6.45. The highest BCUT2D eigenvalue weighted by Crippen LogP contribution is 2.47. The number of ether oxygens (including phenoxy) is 1. The van der Waals surface area contributed by atoms with Crippen molar-refractivity contribution in [2.45, 2.75) is 31.5 Å². The summed E-state index contributed by atoms with van der Waals surface area (Å²) in [5, 5.41) is 2.57. The van der Waals surface area contributed by atoms with E-state index >= 15 is 0 Å². The van der Waals surface area contributed by atoms with E-state index in [0.717, 1.165) is 18.7 Å². The van der Waals surface area contributed by atoms with E-state index in [4.69, 9.17) is 4.74 Å². The molecular formula is C22H20BrNO. The first-order valence-electron chi connectivity index (χ1n) is 9.01. The van der Waals surface area contributed by atoms with Crippen LogP contribution in [0.4, 0.5) is 0 Å². The minimum Gasteiger partial charge on any atom is -0.475 e. The summed E-state index contributed by atoms with van der Waals surface area (Å²) in [7, 11) is 0. The molecule has 1 saturated heterocycles. The largest absolute Gasteiger partial charge is 0.475 e. The molecular weight excluding hydrogens is 374 g/mol. The number of halogens is 1. The standard InChI is InChI=1S/C22H20BrNO/c23-18-10-4-3-9-17(18)22-21-16-8-2-1-7-15(16)12-13-19(21)25-20-11-5-6-14-24(20)22/h1-4,7-10,12-13,20,22H,5-6,11,14H2. The Morgan fingerprint density at radius 2 is 1.76 bits per heavy atom. The first-order valence-corrected chi connectivity index (χ1v) is 9.81. The predicted molar refractivity (Wildman–Crippen MR) is 105 cm³/mol.